The van der Waals surface area contributed by atoms with Crippen molar-refractivity contribution >= 4 is 5.91 Å². The number of hydrogen-bond donors (Lipinski definition) is 7. The summed E-state index contributed by atoms with van der Waals surface area (Å²) in [5.41, 5.74) is 0. The fourth-order valence-corrected chi connectivity index (χ4v) is 5.96. The maximum absolute atomic E-state index is 12.8. The molecule has 2 unspecified atom stereocenters. The maximum atomic E-state index is 12.8. The molecule has 0 saturated carbocycles. The molecule has 45 heavy (non-hydrogen) atoms. The first-order valence-corrected chi connectivity index (χ1v) is 18.3. The number of nitrogens with one attached hydrogen (secondary N) is 1. The summed E-state index contributed by atoms with van der Waals surface area (Å²) in [6.45, 7) is 3.52. The number of aliphatic hydroxyl groups excluding tert-OH is 6. The van der Waals surface area contributed by atoms with E-state index in [4.69, 9.17) is 9.47 Å². The summed E-state index contributed by atoms with van der Waals surface area (Å²) in [6, 6.07) is -0.980. The fourth-order valence-electron chi connectivity index (χ4n) is 5.96. The smallest absolute Gasteiger partial charge is 0.220 e. The zero-order chi connectivity index (χ0) is 33.3. The molecule has 0 aliphatic carbocycles. The van der Waals surface area contributed by atoms with Crippen LogP contribution in [0, 0.1) is 0 Å². The first-order chi connectivity index (χ1) is 21.8. The van der Waals surface area contributed by atoms with E-state index >= 15 is 0 Å². The van der Waals surface area contributed by atoms with Crippen molar-refractivity contribution in [3.63, 3.8) is 0 Å². The van der Waals surface area contributed by atoms with Gasteiger partial charge in [-0.1, -0.05) is 136 Å². The molecule has 1 aliphatic heterocycles. The summed E-state index contributed by atoms with van der Waals surface area (Å²) < 4.78 is 11.1. The lowest BCUT2D eigenvalue weighted by Gasteiger charge is -2.40. The topological polar surface area (TPSA) is 169 Å². The molecular formula is C35H69NO9. The third-order valence-corrected chi connectivity index (χ3v) is 9.05. The van der Waals surface area contributed by atoms with Crippen LogP contribution in [0.25, 0.3) is 0 Å². The number of aliphatic hydroxyl groups is 6. The fraction of sp³-hybridized carbons (Fsp3) is 0.971. The minimum Gasteiger partial charge on any atom is -0.394 e. The number of ether oxygens (including phenoxy) is 2. The summed E-state index contributed by atoms with van der Waals surface area (Å²) in [7, 11) is 0. The van der Waals surface area contributed by atoms with Crippen LogP contribution in [0.3, 0.4) is 0 Å². The molecule has 10 heteroatoms. The van der Waals surface area contributed by atoms with E-state index in [0.29, 0.717) is 6.42 Å². The van der Waals surface area contributed by atoms with E-state index in [-0.39, 0.29) is 18.9 Å². The highest BCUT2D eigenvalue weighted by Gasteiger charge is 2.44. The van der Waals surface area contributed by atoms with Gasteiger partial charge in [0.1, 0.15) is 30.5 Å². The Kier molecular flexibility index (Phi) is 25.4. The highest BCUT2D eigenvalue weighted by atomic mass is 16.7. The molecule has 1 fully saturated rings. The number of unbranched alkanes of at least 4 members (excludes halogenated alkanes) is 18. The second kappa shape index (κ2) is 27.1. The molecule has 0 radical (unpaired) electrons. The number of carbonyl (C=O) groups is 1. The Morgan fingerprint density at radius 1 is 0.689 bits per heavy atom. The molecule has 10 nitrogen and oxygen atoms in total. The van der Waals surface area contributed by atoms with Crippen molar-refractivity contribution in [1.29, 1.82) is 0 Å². The summed E-state index contributed by atoms with van der Waals surface area (Å²) in [4.78, 5) is 12.8. The van der Waals surface area contributed by atoms with Crippen molar-refractivity contribution in [3.05, 3.63) is 0 Å². The molecule has 0 aromatic rings. The van der Waals surface area contributed by atoms with Gasteiger partial charge in [0.25, 0.3) is 0 Å². The minimum atomic E-state index is -1.60. The number of carbonyl (C=O) groups excluding carboxylic acids is 1. The molecule has 7 N–H and O–H groups in total. The van der Waals surface area contributed by atoms with Crippen LogP contribution in [0.2, 0.25) is 0 Å². The highest BCUT2D eigenvalue weighted by molar-refractivity contribution is 5.76. The Hall–Kier alpha value is -0.850. The largest absolute Gasteiger partial charge is 0.394 e. The van der Waals surface area contributed by atoms with Crippen LogP contribution in [-0.2, 0) is 14.3 Å². The van der Waals surface area contributed by atoms with Crippen LogP contribution >= 0.6 is 0 Å². The van der Waals surface area contributed by atoms with Crippen molar-refractivity contribution in [2.75, 3.05) is 13.2 Å². The van der Waals surface area contributed by atoms with Gasteiger partial charge in [-0.2, -0.15) is 0 Å². The van der Waals surface area contributed by atoms with Gasteiger partial charge in [0.05, 0.1) is 25.4 Å². The number of hydrogen-bond acceptors (Lipinski definition) is 9. The van der Waals surface area contributed by atoms with E-state index in [2.05, 4.69) is 19.2 Å². The van der Waals surface area contributed by atoms with Gasteiger partial charge in [0, 0.05) is 6.42 Å². The molecule has 0 aromatic heterocycles. The Labute approximate surface area is 273 Å². The van der Waals surface area contributed by atoms with Gasteiger partial charge in [-0.3, -0.25) is 4.79 Å². The van der Waals surface area contributed by atoms with Gasteiger partial charge in [-0.25, -0.2) is 0 Å². The van der Waals surface area contributed by atoms with E-state index in [0.717, 1.165) is 44.9 Å². The van der Waals surface area contributed by atoms with Gasteiger partial charge < -0.3 is 45.4 Å². The van der Waals surface area contributed by atoms with E-state index in [1.807, 2.05) is 0 Å². The van der Waals surface area contributed by atoms with Gasteiger partial charge in [0.2, 0.25) is 5.91 Å². The molecular weight excluding hydrogens is 578 g/mol. The Morgan fingerprint density at radius 3 is 1.64 bits per heavy atom. The molecule has 1 amide bonds. The molecule has 1 heterocycles. The first kappa shape index (κ1) is 42.2. The van der Waals surface area contributed by atoms with Crippen molar-refractivity contribution in [3.8, 4) is 0 Å². The predicted octanol–water partition coefficient (Wildman–Crippen LogP) is 4.63. The predicted molar refractivity (Wildman–Crippen MR) is 177 cm³/mol. The Morgan fingerprint density at radius 2 is 1.16 bits per heavy atom. The lowest BCUT2D eigenvalue weighted by Crippen LogP contribution is -2.60. The van der Waals surface area contributed by atoms with Crippen molar-refractivity contribution in [2.24, 2.45) is 0 Å². The Balaban J connectivity index is 2.50. The maximum Gasteiger partial charge on any atom is 0.220 e. The van der Waals surface area contributed by atoms with E-state index in [9.17, 15) is 35.4 Å². The standard InChI is InChI=1S/C35H69NO9/c1-3-5-7-9-11-12-13-14-15-16-18-19-21-23-28(38)31(40)27(36-30(39)24-22-20-17-10-8-6-4-2)26-44-35-34(43)33(42)32(41)29(25-37)45-35/h27-29,31-35,37-38,40-43H,3-26H2,1-2H3,(H,36,39)/t27-,28+,29+,31-,32+,33?,34?,35+/m0/s1. The number of amides is 1. The Bertz CT molecular complexity index is 698. The molecule has 1 rings (SSSR count). The summed E-state index contributed by atoms with van der Waals surface area (Å²) in [6.07, 6.45) is 14.2. The average Bonchev–Trinajstić information content (AvgIpc) is 3.03. The van der Waals surface area contributed by atoms with Crippen LogP contribution in [0.15, 0.2) is 0 Å². The second-order valence-electron chi connectivity index (χ2n) is 13.2. The molecule has 8 atom stereocenters. The van der Waals surface area contributed by atoms with Crippen molar-refractivity contribution in [1.82, 2.24) is 5.32 Å². The monoisotopic (exact) mass is 647 g/mol. The summed E-state index contributed by atoms with van der Waals surface area (Å²) in [5.74, 6) is -0.266. The number of rotatable bonds is 29. The van der Waals surface area contributed by atoms with E-state index < -0.39 is 55.6 Å². The average molecular weight is 648 g/mol. The van der Waals surface area contributed by atoms with Gasteiger partial charge in [0.15, 0.2) is 6.29 Å². The van der Waals surface area contributed by atoms with Gasteiger partial charge >= 0.3 is 0 Å². The van der Waals surface area contributed by atoms with E-state index in [1.165, 1.54) is 83.5 Å². The van der Waals surface area contributed by atoms with E-state index in [1.54, 1.807) is 0 Å². The van der Waals surface area contributed by atoms with Crippen LogP contribution in [0.5, 0.6) is 0 Å². The van der Waals surface area contributed by atoms with Crippen LogP contribution in [0.1, 0.15) is 155 Å². The van der Waals surface area contributed by atoms with Gasteiger partial charge in [-0.05, 0) is 12.8 Å². The summed E-state index contributed by atoms with van der Waals surface area (Å²) in [5, 5.41) is 64.5. The zero-order valence-corrected chi connectivity index (χ0v) is 28.5. The van der Waals surface area contributed by atoms with Crippen molar-refractivity contribution in [2.45, 2.75) is 204 Å². The lowest BCUT2D eigenvalue weighted by atomic mass is 9.98. The minimum absolute atomic E-state index is 0.266. The molecule has 1 aliphatic rings. The van der Waals surface area contributed by atoms with Crippen LogP contribution in [-0.4, -0.2) is 98.7 Å². The third kappa shape index (κ3) is 18.9. The molecule has 268 valence electrons. The molecule has 1 saturated heterocycles. The lowest BCUT2D eigenvalue weighted by molar-refractivity contribution is -0.303. The normalized spacial score (nSPS) is 24.0. The second-order valence-corrected chi connectivity index (χ2v) is 13.2. The van der Waals surface area contributed by atoms with Crippen LogP contribution in [0.4, 0.5) is 0 Å². The molecule has 0 aromatic carbocycles. The zero-order valence-electron chi connectivity index (χ0n) is 28.5. The SMILES string of the molecule is CCCCCCCCCCCCCCC[C@@H](O)[C@@H](O)[C@H](CO[C@@H]1O[C@H](CO)[C@@H](O)C(O)C1O)NC(=O)CCCCCCCCC. The molecule has 0 spiro atoms. The quantitative estimate of drug-likeness (QED) is 0.0572. The van der Waals surface area contributed by atoms with Crippen LogP contribution < -0.4 is 5.32 Å². The summed E-state index contributed by atoms with van der Waals surface area (Å²) >= 11 is 0. The van der Waals surface area contributed by atoms with Gasteiger partial charge in [-0.15, -0.1) is 0 Å². The highest BCUT2D eigenvalue weighted by Crippen LogP contribution is 2.23. The molecule has 0 bridgehead atoms. The first-order valence-electron chi connectivity index (χ1n) is 18.3. The third-order valence-electron chi connectivity index (χ3n) is 9.05. The van der Waals surface area contributed by atoms with Crippen molar-refractivity contribution < 1.29 is 44.9 Å².